The van der Waals surface area contributed by atoms with E-state index in [1.807, 2.05) is 18.2 Å². The van der Waals surface area contributed by atoms with E-state index in [9.17, 15) is 18.8 Å². The number of fused-ring (bicyclic) bond motifs is 2. The molecule has 0 unspecified atom stereocenters. The number of thioether (sulfide) groups is 1. The number of ether oxygens (including phenoxy) is 2. The molecular formula is C28H20ClFN2O5S2. The van der Waals surface area contributed by atoms with Crippen molar-refractivity contribution in [3.8, 4) is 11.5 Å². The number of imide groups is 1. The van der Waals surface area contributed by atoms with Gasteiger partial charge in [-0.1, -0.05) is 52.9 Å². The Hall–Kier alpha value is -3.60. The van der Waals surface area contributed by atoms with Crippen LogP contribution >= 0.6 is 34.7 Å². The lowest BCUT2D eigenvalue weighted by atomic mass is 9.83. The molecule has 0 spiro atoms. The third-order valence-electron chi connectivity index (χ3n) is 6.76. The maximum absolute atomic E-state index is 13.8. The van der Waals surface area contributed by atoms with E-state index in [0.717, 1.165) is 21.8 Å². The molecule has 7 nitrogen and oxygen atoms in total. The third-order valence-corrected chi connectivity index (χ3v) is 9.42. The lowest BCUT2D eigenvalue weighted by Gasteiger charge is -2.30. The molecule has 0 saturated carbocycles. The van der Waals surface area contributed by atoms with Crippen LogP contribution in [0.25, 0.3) is 0 Å². The standard InChI is InChI=1S/C28H20ClFN2O5S2/c1-36-20-12-15(4-11-19(20)37-13-14-2-5-16(29)6-3-14)21-22-24(38-25-23(21)39-28(35)31-25)27(34)32(26(22)33)18-9-7-17(30)8-10-18/h2-12,21-22,24H,13H2,1H3,(H,31,35)/t21-,22-,24+/m0/s1. The van der Waals surface area contributed by atoms with E-state index in [4.69, 9.17) is 21.1 Å². The summed E-state index contributed by atoms with van der Waals surface area (Å²) in [7, 11) is 1.52. The molecule has 1 saturated heterocycles. The Morgan fingerprint density at radius 1 is 0.974 bits per heavy atom. The first kappa shape index (κ1) is 25.7. The highest BCUT2D eigenvalue weighted by Gasteiger charge is 2.56. The second kappa shape index (κ2) is 10.2. The first-order valence-electron chi connectivity index (χ1n) is 11.9. The molecule has 2 aliphatic rings. The summed E-state index contributed by atoms with van der Waals surface area (Å²) < 4.78 is 25.2. The molecule has 1 N–H and O–H groups in total. The molecule has 1 fully saturated rings. The molecule has 2 amide bonds. The van der Waals surface area contributed by atoms with Gasteiger partial charge in [-0.2, -0.15) is 0 Å². The molecule has 198 valence electrons. The minimum Gasteiger partial charge on any atom is -0.493 e. The Balaban J connectivity index is 1.37. The molecule has 1 aromatic heterocycles. The predicted octanol–water partition coefficient (Wildman–Crippen LogP) is 5.61. The lowest BCUT2D eigenvalue weighted by molar-refractivity contribution is -0.122. The van der Waals surface area contributed by atoms with Gasteiger partial charge in [0.2, 0.25) is 11.8 Å². The average molecular weight is 583 g/mol. The minimum atomic E-state index is -0.767. The van der Waals surface area contributed by atoms with E-state index in [1.165, 1.54) is 43.1 Å². The Morgan fingerprint density at radius 3 is 2.44 bits per heavy atom. The largest absolute Gasteiger partial charge is 0.493 e. The molecule has 0 radical (unpaired) electrons. The quantitative estimate of drug-likeness (QED) is 0.297. The zero-order chi connectivity index (χ0) is 27.3. The van der Waals surface area contributed by atoms with Crippen molar-refractivity contribution < 1.29 is 23.5 Å². The molecule has 3 atom stereocenters. The van der Waals surface area contributed by atoms with Gasteiger partial charge in [0, 0.05) is 15.8 Å². The number of methoxy groups -OCH3 is 1. The van der Waals surface area contributed by atoms with Crippen molar-refractivity contribution in [2.75, 3.05) is 12.0 Å². The number of hydrogen-bond acceptors (Lipinski definition) is 7. The van der Waals surface area contributed by atoms with Crippen LogP contribution in [0.2, 0.25) is 5.02 Å². The van der Waals surface area contributed by atoms with Crippen LogP contribution in [-0.4, -0.2) is 29.2 Å². The summed E-state index contributed by atoms with van der Waals surface area (Å²) in [5.74, 6) is -1.65. The number of hydrogen-bond donors (Lipinski definition) is 1. The number of carbonyl (C=O) groups is 2. The number of H-pyrrole nitrogens is 1. The number of aromatic amines is 1. The van der Waals surface area contributed by atoms with E-state index in [-0.39, 0.29) is 4.87 Å². The molecule has 4 aromatic rings. The van der Waals surface area contributed by atoms with Crippen molar-refractivity contribution in [1.82, 2.24) is 4.98 Å². The van der Waals surface area contributed by atoms with Crippen LogP contribution in [-0.2, 0) is 16.2 Å². The number of amides is 2. The van der Waals surface area contributed by atoms with Crippen molar-refractivity contribution in [2.24, 2.45) is 5.92 Å². The number of carbonyl (C=O) groups excluding carboxylic acids is 2. The second-order valence-electron chi connectivity index (χ2n) is 9.06. The van der Waals surface area contributed by atoms with Gasteiger partial charge in [-0.25, -0.2) is 9.29 Å². The predicted molar refractivity (Wildman–Crippen MR) is 148 cm³/mol. The van der Waals surface area contributed by atoms with Crippen LogP contribution in [0.3, 0.4) is 0 Å². The van der Waals surface area contributed by atoms with Gasteiger partial charge in [0.15, 0.2) is 11.5 Å². The molecule has 3 aromatic carbocycles. The van der Waals surface area contributed by atoms with Crippen LogP contribution < -0.4 is 19.2 Å². The van der Waals surface area contributed by atoms with Gasteiger partial charge < -0.3 is 14.5 Å². The molecule has 2 aliphatic heterocycles. The van der Waals surface area contributed by atoms with Crippen LogP contribution in [0.1, 0.15) is 21.9 Å². The summed E-state index contributed by atoms with van der Waals surface area (Å²) in [6.07, 6.45) is 0. The monoisotopic (exact) mass is 582 g/mol. The Bertz CT molecular complexity index is 1640. The first-order valence-corrected chi connectivity index (χ1v) is 14.0. The summed E-state index contributed by atoms with van der Waals surface area (Å²) in [4.78, 5) is 44.0. The second-order valence-corrected chi connectivity index (χ2v) is 11.7. The van der Waals surface area contributed by atoms with Gasteiger partial charge in [0.05, 0.1) is 23.7 Å². The maximum atomic E-state index is 13.8. The topological polar surface area (TPSA) is 88.7 Å². The number of benzene rings is 3. The highest BCUT2D eigenvalue weighted by molar-refractivity contribution is 8.00. The fourth-order valence-electron chi connectivity index (χ4n) is 4.96. The molecular weight excluding hydrogens is 563 g/mol. The zero-order valence-corrected chi connectivity index (χ0v) is 22.7. The molecule has 39 heavy (non-hydrogen) atoms. The van der Waals surface area contributed by atoms with E-state index in [2.05, 4.69) is 4.98 Å². The van der Waals surface area contributed by atoms with Crippen molar-refractivity contribution in [3.05, 3.63) is 103 Å². The summed E-state index contributed by atoms with van der Waals surface area (Å²) in [6, 6.07) is 17.9. The number of aromatic nitrogens is 1. The minimum absolute atomic E-state index is 0.261. The lowest BCUT2D eigenvalue weighted by Crippen LogP contribution is -2.32. The van der Waals surface area contributed by atoms with Crippen molar-refractivity contribution in [1.29, 1.82) is 0 Å². The van der Waals surface area contributed by atoms with Crippen LogP contribution in [0.5, 0.6) is 11.5 Å². The highest BCUT2D eigenvalue weighted by Crippen LogP contribution is 2.53. The smallest absolute Gasteiger partial charge is 0.305 e. The number of rotatable bonds is 6. The Morgan fingerprint density at radius 2 is 1.72 bits per heavy atom. The number of anilines is 1. The van der Waals surface area contributed by atoms with E-state index < -0.39 is 34.7 Å². The maximum Gasteiger partial charge on any atom is 0.305 e. The third kappa shape index (κ3) is 4.62. The molecule has 0 bridgehead atoms. The van der Waals surface area contributed by atoms with Gasteiger partial charge in [0.25, 0.3) is 0 Å². The average Bonchev–Trinajstić information content (AvgIpc) is 3.43. The molecule has 6 rings (SSSR count). The number of thiazole rings is 1. The fourth-order valence-corrected chi connectivity index (χ4v) is 7.60. The summed E-state index contributed by atoms with van der Waals surface area (Å²) in [5.41, 5.74) is 1.94. The zero-order valence-electron chi connectivity index (χ0n) is 20.4. The molecule has 3 heterocycles. The van der Waals surface area contributed by atoms with E-state index in [1.54, 1.807) is 24.3 Å². The summed E-state index contributed by atoms with van der Waals surface area (Å²) >= 11 is 8.17. The summed E-state index contributed by atoms with van der Waals surface area (Å²) in [5, 5.41) is 0.450. The van der Waals surface area contributed by atoms with E-state index >= 15 is 0 Å². The van der Waals surface area contributed by atoms with Crippen molar-refractivity contribution >= 4 is 52.2 Å². The number of nitrogens with zero attached hydrogens (tertiary/aromatic N) is 1. The van der Waals surface area contributed by atoms with Gasteiger partial charge >= 0.3 is 4.87 Å². The van der Waals surface area contributed by atoms with Crippen molar-refractivity contribution in [2.45, 2.75) is 22.8 Å². The van der Waals surface area contributed by atoms with Gasteiger partial charge in [0.1, 0.15) is 17.7 Å². The Labute approximate surface area is 235 Å². The Kier molecular flexibility index (Phi) is 6.70. The van der Waals surface area contributed by atoms with Gasteiger partial charge in [-0.05, 0) is 59.7 Å². The van der Waals surface area contributed by atoms with Gasteiger partial charge in [-0.3, -0.25) is 14.4 Å². The fraction of sp³-hybridized carbons (Fsp3) is 0.179. The van der Waals surface area contributed by atoms with Gasteiger partial charge in [-0.15, -0.1) is 0 Å². The highest BCUT2D eigenvalue weighted by atomic mass is 35.5. The molecule has 11 heteroatoms. The SMILES string of the molecule is COc1cc([C@@H]2c3sc(=O)[nH]c3S[C@H]3C(=O)N(c4ccc(F)cc4)C(=O)[C@@H]23)ccc1OCc1ccc(Cl)cc1. The normalized spacial score (nSPS) is 20.1. The van der Waals surface area contributed by atoms with E-state index in [0.29, 0.717) is 44.3 Å². The van der Waals surface area contributed by atoms with Crippen LogP contribution in [0, 0.1) is 11.7 Å². The van der Waals surface area contributed by atoms with Crippen LogP contribution in [0.4, 0.5) is 10.1 Å². The number of nitrogens with one attached hydrogen (secondary N) is 1. The first-order chi connectivity index (χ1) is 18.8. The van der Waals surface area contributed by atoms with Crippen LogP contribution in [0.15, 0.2) is 76.6 Å². The summed E-state index contributed by atoms with van der Waals surface area (Å²) in [6.45, 7) is 0.292. The molecule has 0 aliphatic carbocycles. The van der Waals surface area contributed by atoms with Crippen molar-refractivity contribution in [3.63, 3.8) is 0 Å². The number of halogens is 2.